The highest BCUT2D eigenvalue weighted by Gasteiger charge is 2.52. The molecule has 1 atom stereocenters. The maximum absolute atomic E-state index is 14.1. The van der Waals surface area contributed by atoms with Gasteiger partial charge in [-0.3, -0.25) is 4.79 Å². The van der Waals surface area contributed by atoms with Crippen LogP contribution >= 0.6 is 0 Å². The summed E-state index contributed by atoms with van der Waals surface area (Å²) < 4.78 is 0. The van der Waals surface area contributed by atoms with E-state index < -0.39 is 11.4 Å². The average Bonchev–Trinajstić information content (AvgIpc) is 2.78. The summed E-state index contributed by atoms with van der Waals surface area (Å²) >= 11 is 0. The Hall–Kier alpha value is -2.08. The summed E-state index contributed by atoms with van der Waals surface area (Å²) in [6, 6.07) is 8.22. The molecule has 2 heterocycles. The minimum atomic E-state index is -0.532. The van der Waals surface area contributed by atoms with Gasteiger partial charge in [-0.1, -0.05) is 38.1 Å². The number of hydrogen-bond donors (Lipinski definition) is 3. The summed E-state index contributed by atoms with van der Waals surface area (Å²) in [6.45, 7) is 7.28. The molecule has 1 aromatic rings. The molecule has 4 rings (SSSR count). The van der Waals surface area contributed by atoms with Gasteiger partial charge in [-0.25, -0.2) is 4.79 Å². The largest absolute Gasteiger partial charge is 0.352 e. The molecule has 6 nitrogen and oxygen atoms in total. The molecule has 1 unspecified atom stereocenters. The zero-order chi connectivity index (χ0) is 22.0. The van der Waals surface area contributed by atoms with Gasteiger partial charge >= 0.3 is 6.03 Å². The SMILES string of the molecule is CC(C)C1CCC(C2c3ccccc3C3(CCNCC3)C(=O)N2CCNC(N)=O)CC1. The van der Waals surface area contributed by atoms with E-state index in [1.807, 2.05) is 0 Å². The van der Waals surface area contributed by atoms with E-state index in [1.165, 1.54) is 24.0 Å². The van der Waals surface area contributed by atoms with E-state index >= 15 is 0 Å². The van der Waals surface area contributed by atoms with Crippen LogP contribution in [0.25, 0.3) is 0 Å². The Kier molecular flexibility index (Phi) is 6.56. The molecule has 1 spiro atoms. The smallest absolute Gasteiger partial charge is 0.312 e. The van der Waals surface area contributed by atoms with Gasteiger partial charge < -0.3 is 21.3 Å². The zero-order valence-electron chi connectivity index (χ0n) is 19.0. The fourth-order valence-corrected chi connectivity index (χ4v) is 6.39. The third-order valence-electron chi connectivity index (χ3n) is 8.12. The minimum absolute atomic E-state index is 0.0898. The molecule has 1 saturated carbocycles. The number of nitrogens with zero attached hydrogens (tertiary/aromatic N) is 1. The summed E-state index contributed by atoms with van der Waals surface area (Å²) in [4.78, 5) is 27.5. The molecule has 31 heavy (non-hydrogen) atoms. The van der Waals surface area contributed by atoms with Crippen molar-refractivity contribution in [2.24, 2.45) is 23.5 Å². The lowest BCUT2D eigenvalue weighted by atomic mass is 9.64. The molecule has 0 radical (unpaired) electrons. The number of piperidine rings is 1. The standard InChI is InChI=1S/C25H38N4O2/c1-17(2)18-7-9-19(10-8-18)22-20-5-3-4-6-21(20)25(11-13-27-14-12-25)23(30)29(22)16-15-28-24(26)31/h3-6,17-19,22,27H,7-16H2,1-2H3,(H3,26,28,31). The fraction of sp³-hybridized carbons (Fsp3) is 0.680. The highest BCUT2D eigenvalue weighted by atomic mass is 16.2. The highest BCUT2D eigenvalue weighted by Crippen LogP contribution is 2.51. The van der Waals surface area contributed by atoms with E-state index in [0.717, 1.165) is 50.6 Å². The van der Waals surface area contributed by atoms with Crippen LogP contribution in [-0.2, 0) is 10.2 Å². The molecule has 1 saturated heterocycles. The number of fused-ring (bicyclic) bond motifs is 2. The summed E-state index contributed by atoms with van der Waals surface area (Å²) in [6.07, 6.45) is 6.44. The Morgan fingerprint density at radius 1 is 1.19 bits per heavy atom. The predicted octanol–water partition coefficient (Wildman–Crippen LogP) is 3.32. The Balaban J connectivity index is 1.69. The lowest BCUT2D eigenvalue weighted by Crippen LogP contribution is -2.59. The van der Waals surface area contributed by atoms with Crippen molar-refractivity contribution in [3.8, 4) is 0 Å². The van der Waals surface area contributed by atoms with Gasteiger partial charge in [-0.2, -0.15) is 0 Å². The van der Waals surface area contributed by atoms with Crippen LogP contribution < -0.4 is 16.4 Å². The Labute approximate surface area is 186 Å². The van der Waals surface area contributed by atoms with Crippen LogP contribution in [0, 0.1) is 17.8 Å². The third-order valence-corrected chi connectivity index (χ3v) is 8.12. The predicted molar refractivity (Wildman–Crippen MR) is 123 cm³/mol. The van der Waals surface area contributed by atoms with Crippen LogP contribution in [0.2, 0.25) is 0 Å². The number of urea groups is 1. The molecule has 3 aliphatic rings. The van der Waals surface area contributed by atoms with Crippen molar-refractivity contribution in [2.45, 2.75) is 63.8 Å². The molecule has 2 fully saturated rings. The van der Waals surface area contributed by atoms with E-state index in [4.69, 9.17) is 5.73 Å². The van der Waals surface area contributed by atoms with Gasteiger partial charge in [-0.15, -0.1) is 0 Å². The topological polar surface area (TPSA) is 87.5 Å². The summed E-state index contributed by atoms with van der Waals surface area (Å²) in [5, 5.41) is 6.13. The van der Waals surface area contributed by atoms with Crippen molar-refractivity contribution in [3.05, 3.63) is 35.4 Å². The average molecular weight is 427 g/mol. The number of rotatable bonds is 5. The van der Waals surface area contributed by atoms with Gasteiger partial charge in [-0.05, 0) is 80.5 Å². The Morgan fingerprint density at radius 3 is 2.52 bits per heavy atom. The molecule has 0 aromatic heterocycles. The second-order valence-electron chi connectivity index (χ2n) is 10.1. The van der Waals surface area contributed by atoms with Gasteiger partial charge in [0.15, 0.2) is 0 Å². The van der Waals surface area contributed by atoms with Gasteiger partial charge in [0.2, 0.25) is 5.91 Å². The summed E-state index contributed by atoms with van der Waals surface area (Å²) in [7, 11) is 0. The Morgan fingerprint density at radius 2 is 1.87 bits per heavy atom. The number of nitrogens with one attached hydrogen (secondary N) is 2. The van der Waals surface area contributed by atoms with Gasteiger partial charge in [0.05, 0.1) is 11.5 Å². The maximum atomic E-state index is 14.1. The quantitative estimate of drug-likeness (QED) is 0.675. The summed E-state index contributed by atoms with van der Waals surface area (Å²) in [5.74, 6) is 2.21. The third kappa shape index (κ3) is 4.19. The lowest BCUT2D eigenvalue weighted by Gasteiger charge is -2.52. The molecule has 0 bridgehead atoms. The van der Waals surface area contributed by atoms with Crippen LogP contribution in [0.5, 0.6) is 0 Å². The molecule has 3 amide bonds. The number of hydrogen-bond acceptors (Lipinski definition) is 3. The molecule has 1 aliphatic carbocycles. The van der Waals surface area contributed by atoms with E-state index in [0.29, 0.717) is 19.0 Å². The highest BCUT2D eigenvalue weighted by molar-refractivity contribution is 5.91. The number of primary amides is 1. The first-order valence-electron chi connectivity index (χ1n) is 12.1. The van der Waals surface area contributed by atoms with Crippen LogP contribution in [0.1, 0.15) is 69.5 Å². The molecule has 2 aliphatic heterocycles. The van der Waals surface area contributed by atoms with Crippen LogP contribution in [0.3, 0.4) is 0 Å². The molecule has 6 heteroatoms. The van der Waals surface area contributed by atoms with Crippen molar-refractivity contribution < 1.29 is 9.59 Å². The van der Waals surface area contributed by atoms with Crippen molar-refractivity contribution in [3.63, 3.8) is 0 Å². The fourth-order valence-electron chi connectivity index (χ4n) is 6.39. The van der Waals surface area contributed by atoms with Gasteiger partial charge in [0.25, 0.3) is 0 Å². The molecule has 170 valence electrons. The van der Waals surface area contributed by atoms with E-state index in [-0.39, 0.29) is 11.9 Å². The molecule has 4 N–H and O–H groups in total. The van der Waals surface area contributed by atoms with E-state index in [1.54, 1.807) is 0 Å². The molecule has 1 aromatic carbocycles. The van der Waals surface area contributed by atoms with E-state index in [2.05, 4.69) is 53.6 Å². The number of benzene rings is 1. The summed E-state index contributed by atoms with van der Waals surface area (Å²) in [5.41, 5.74) is 7.45. The van der Waals surface area contributed by atoms with Crippen molar-refractivity contribution >= 4 is 11.9 Å². The minimum Gasteiger partial charge on any atom is -0.352 e. The monoisotopic (exact) mass is 426 g/mol. The van der Waals surface area contributed by atoms with E-state index in [9.17, 15) is 9.59 Å². The Bertz CT molecular complexity index is 794. The second-order valence-corrected chi connectivity index (χ2v) is 10.1. The number of carbonyl (C=O) groups excluding carboxylic acids is 2. The maximum Gasteiger partial charge on any atom is 0.312 e. The molecular weight excluding hydrogens is 388 g/mol. The van der Waals surface area contributed by atoms with Gasteiger partial charge in [0, 0.05) is 13.1 Å². The first kappa shape index (κ1) is 22.1. The number of carbonyl (C=O) groups is 2. The van der Waals surface area contributed by atoms with Crippen LogP contribution in [-0.4, -0.2) is 43.0 Å². The molecular formula is C25H38N4O2. The number of nitrogens with two attached hydrogens (primary N) is 1. The van der Waals surface area contributed by atoms with Crippen molar-refractivity contribution in [2.75, 3.05) is 26.2 Å². The normalized spacial score (nSPS) is 27.9. The lowest BCUT2D eigenvalue weighted by molar-refractivity contribution is -0.145. The van der Waals surface area contributed by atoms with Crippen LogP contribution in [0.4, 0.5) is 4.79 Å². The van der Waals surface area contributed by atoms with Crippen molar-refractivity contribution in [1.29, 1.82) is 0 Å². The zero-order valence-corrected chi connectivity index (χ0v) is 19.0. The first-order valence-corrected chi connectivity index (χ1v) is 12.1. The van der Waals surface area contributed by atoms with Crippen molar-refractivity contribution in [1.82, 2.24) is 15.5 Å². The number of amides is 3. The van der Waals surface area contributed by atoms with Gasteiger partial charge in [0.1, 0.15) is 0 Å². The first-order chi connectivity index (χ1) is 14.9. The second kappa shape index (κ2) is 9.19. The van der Waals surface area contributed by atoms with Crippen LogP contribution in [0.15, 0.2) is 24.3 Å².